The molecule has 0 saturated carbocycles. The molecule has 1 unspecified atom stereocenters. The van der Waals surface area contributed by atoms with Crippen LogP contribution in [-0.4, -0.2) is 53.5 Å². The average molecular weight is 429 g/mol. The molecule has 2 aliphatic rings. The van der Waals surface area contributed by atoms with Crippen molar-refractivity contribution < 1.29 is 22.4 Å². The summed E-state index contributed by atoms with van der Waals surface area (Å²) in [4.78, 5) is 26.1. The van der Waals surface area contributed by atoms with Crippen molar-refractivity contribution in [2.45, 2.75) is 18.9 Å². The van der Waals surface area contributed by atoms with Crippen LogP contribution in [0.25, 0.3) is 6.08 Å². The fraction of sp³-hybridized carbons (Fsp3) is 0.353. The maximum atomic E-state index is 13.8. The number of amides is 2. The van der Waals surface area contributed by atoms with Crippen LogP contribution >= 0.6 is 24.0 Å². The molecular formula is C17H17FN2O4S3. The van der Waals surface area contributed by atoms with E-state index in [1.807, 2.05) is 0 Å². The number of benzene rings is 1. The van der Waals surface area contributed by atoms with Gasteiger partial charge in [-0.15, -0.1) is 0 Å². The highest BCUT2D eigenvalue weighted by Crippen LogP contribution is 2.33. The molecule has 6 nitrogen and oxygen atoms in total. The first-order valence-electron chi connectivity index (χ1n) is 8.25. The molecule has 0 aromatic heterocycles. The number of carbonyl (C=O) groups is 2. The zero-order valence-electron chi connectivity index (χ0n) is 14.2. The van der Waals surface area contributed by atoms with Gasteiger partial charge in [0.05, 0.1) is 16.4 Å². The summed E-state index contributed by atoms with van der Waals surface area (Å²) in [5.41, 5.74) is 0.290. The molecule has 2 aliphatic heterocycles. The first-order valence-corrected chi connectivity index (χ1v) is 11.3. The maximum Gasteiger partial charge on any atom is 0.266 e. The number of carbonyl (C=O) groups excluding carboxylic acids is 2. The minimum atomic E-state index is -3.07. The van der Waals surface area contributed by atoms with Crippen LogP contribution in [-0.2, 0) is 19.4 Å². The Bertz CT molecular complexity index is 930. The number of thioether (sulfide) groups is 1. The zero-order valence-corrected chi connectivity index (χ0v) is 16.6. The van der Waals surface area contributed by atoms with E-state index in [1.165, 1.54) is 17.0 Å². The molecule has 1 atom stereocenters. The summed E-state index contributed by atoms with van der Waals surface area (Å²) in [5.74, 6) is -1.11. The Labute approximate surface area is 166 Å². The van der Waals surface area contributed by atoms with Crippen molar-refractivity contribution >= 4 is 56.0 Å². The van der Waals surface area contributed by atoms with Crippen molar-refractivity contribution in [1.82, 2.24) is 10.2 Å². The summed E-state index contributed by atoms with van der Waals surface area (Å²) in [6, 6.07) is 5.72. The van der Waals surface area contributed by atoms with Crippen LogP contribution in [0.5, 0.6) is 0 Å². The Hall–Kier alpha value is -1.78. The molecule has 2 saturated heterocycles. The van der Waals surface area contributed by atoms with Gasteiger partial charge < -0.3 is 5.32 Å². The SMILES string of the molecule is O=C(CCN1C(=O)/C(=C/c2ccccc2F)SC1=S)NC1CCS(=O)(=O)C1. The van der Waals surface area contributed by atoms with Crippen LogP contribution in [0.15, 0.2) is 29.2 Å². The second-order valence-corrected chi connectivity index (χ2v) is 10.2. The van der Waals surface area contributed by atoms with Crippen LogP contribution in [0.3, 0.4) is 0 Å². The summed E-state index contributed by atoms with van der Waals surface area (Å²) >= 11 is 6.25. The predicted octanol–water partition coefficient (Wildman–Crippen LogP) is 1.72. The van der Waals surface area contributed by atoms with Crippen molar-refractivity contribution in [2.24, 2.45) is 0 Å². The van der Waals surface area contributed by atoms with E-state index in [-0.39, 0.29) is 47.9 Å². The van der Waals surface area contributed by atoms with Crippen LogP contribution in [0, 0.1) is 5.82 Å². The zero-order chi connectivity index (χ0) is 19.6. The highest BCUT2D eigenvalue weighted by molar-refractivity contribution is 8.26. The summed E-state index contributed by atoms with van der Waals surface area (Å²) in [7, 11) is -3.07. The van der Waals surface area contributed by atoms with Crippen LogP contribution in [0.1, 0.15) is 18.4 Å². The molecule has 1 aromatic carbocycles. The van der Waals surface area contributed by atoms with Gasteiger partial charge in [-0.3, -0.25) is 14.5 Å². The summed E-state index contributed by atoms with van der Waals surface area (Å²) < 4.78 is 36.9. The van der Waals surface area contributed by atoms with Gasteiger partial charge in [0.25, 0.3) is 5.91 Å². The summed E-state index contributed by atoms with van der Waals surface area (Å²) in [6.45, 7) is 0.0879. The molecule has 27 heavy (non-hydrogen) atoms. The molecule has 0 radical (unpaired) electrons. The van der Waals surface area contributed by atoms with Gasteiger partial charge in [0.2, 0.25) is 5.91 Å². The summed E-state index contributed by atoms with van der Waals surface area (Å²) in [5, 5.41) is 2.68. The Morgan fingerprint density at radius 1 is 1.41 bits per heavy atom. The van der Waals surface area contributed by atoms with E-state index in [9.17, 15) is 22.4 Å². The average Bonchev–Trinajstić information content (AvgIpc) is 3.07. The van der Waals surface area contributed by atoms with Gasteiger partial charge in [-0.25, -0.2) is 12.8 Å². The molecule has 0 spiro atoms. The molecule has 2 heterocycles. The van der Waals surface area contributed by atoms with Crippen molar-refractivity contribution in [3.8, 4) is 0 Å². The van der Waals surface area contributed by atoms with E-state index in [4.69, 9.17) is 12.2 Å². The molecule has 10 heteroatoms. The molecule has 2 fully saturated rings. The largest absolute Gasteiger partial charge is 0.352 e. The van der Waals surface area contributed by atoms with Crippen LogP contribution < -0.4 is 5.32 Å². The molecule has 2 amide bonds. The molecule has 144 valence electrons. The smallest absolute Gasteiger partial charge is 0.266 e. The second kappa shape index (κ2) is 8.07. The van der Waals surface area contributed by atoms with Gasteiger partial charge in [-0.05, 0) is 18.6 Å². The highest BCUT2D eigenvalue weighted by Gasteiger charge is 2.33. The topological polar surface area (TPSA) is 83.6 Å². The summed E-state index contributed by atoms with van der Waals surface area (Å²) in [6.07, 6.45) is 1.86. The Balaban J connectivity index is 1.58. The number of nitrogens with one attached hydrogen (secondary N) is 1. The Kier molecular flexibility index (Phi) is 5.97. The minimum Gasteiger partial charge on any atom is -0.352 e. The first-order chi connectivity index (χ1) is 12.7. The lowest BCUT2D eigenvalue weighted by Gasteiger charge is -2.15. The fourth-order valence-electron chi connectivity index (χ4n) is 2.85. The third-order valence-electron chi connectivity index (χ3n) is 4.23. The van der Waals surface area contributed by atoms with Crippen molar-refractivity contribution in [1.29, 1.82) is 0 Å². The molecular weight excluding hydrogens is 411 g/mol. The van der Waals surface area contributed by atoms with E-state index in [1.54, 1.807) is 18.2 Å². The number of rotatable bonds is 5. The number of thiocarbonyl (C=S) groups is 1. The predicted molar refractivity (Wildman–Crippen MR) is 106 cm³/mol. The number of sulfone groups is 1. The van der Waals surface area contributed by atoms with Gasteiger partial charge in [-0.1, -0.05) is 42.2 Å². The van der Waals surface area contributed by atoms with E-state index >= 15 is 0 Å². The van der Waals surface area contributed by atoms with E-state index in [2.05, 4.69) is 5.32 Å². The van der Waals surface area contributed by atoms with Crippen LogP contribution in [0.4, 0.5) is 4.39 Å². The quantitative estimate of drug-likeness (QED) is 0.568. The van der Waals surface area contributed by atoms with Gasteiger partial charge in [-0.2, -0.15) is 0 Å². The van der Waals surface area contributed by atoms with E-state index in [0.717, 1.165) is 11.8 Å². The molecule has 3 rings (SSSR count). The highest BCUT2D eigenvalue weighted by atomic mass is 32.2. The van der Waals surface area contributed by atoms with Gasteiger partial charge in [0.1, 0.15) is 10.1 Å². The van der Waals surface area contributed by atoms with Gasteiger partial charge in [0.15, 0.2) is 9.84 Å². The fourth-order valence-corrected chi connectivity index (χ4v) is 5.82. The minimum absolute atomic E-state index is 0.00989. The third kappa shape index (κ3) is 4.94. The lowest BCUT2D eigenvalue weighted by atomic mass is 10.2. The lowest BCUT2D eigenvalue weighted by molar-refractivity contribution is -0.124. The monoisotopic (exact) mass is 428 g/mol. The normalized spacial score (nSPS) is 23.2. The third-order valence-corrected chi connectivity index (χ3v) is 7.37. The standard InChI is InChI=1S/C17H17FN2O4S3/c18-13-4-2-1-3-11(13)9-14-16(22)20(17(25)26-14)7-5-15(21)19-12-6-8-27(23,24)10-12/h1-4,9,12H,5-8,10H2,(H,19,21)/b14-9-. The number of hydrogen-bond acceptors (Lipinski definition) is 6. The van der Waals surface area contributed by atoms with Gasteiger partial charge in [0, 0.05) is 24.6 Å². The molecule has 1 N–H and O–H groups in total. The van der Waals surface area contributed by atoms with Crippen molar-refractivity contribution in [3.05, 3.63) is 40.6 Å². The van der Waals surface area contributed by atoms with E-state index < -0.39 is 15.7 Å². The van der Waals surface area contributed by atoms with E-state index in [0.29, 0.717) is 15.6 Å². The molecule has 1 aromatic rings. The van der Waals surface area contributed by atoms with Gasteiger partial charge >= 0.3 is 0 Å². The van der Waals surface area contributed by atoms with Crippen molar-refractivity contribution in [2.75, 3.05) is 18.1 Å². The molecule has 0 bridgehead atoms. The lowest BCUT2D eigenvalue weighted by Crippen LogP contribution is -2.38. The number of halogens is 1. The first kappa shape index (κ1) is 20.0. The Morgan fingerprint density at radius 3 is 2.81 bits per heavy atom. The Morgan fingerprint density at radius 2 is 2.15 bits per heavy atom. The number of nitrogens with zero attached hydrogens (tertiary/aromatic N) is 1. The second-order valence-electron chi connectivity index (χ2n) is 6.27. The van der Waals surface area contributed by atoms with Crippen molar-refractivity contribution in [3.63, 3.8) is 0 Å². The van der Waals surface area contributed by atoms with Crippen LogP contribution in [0.2, 0.25) is 0 Å². The maximum absolute atomic E-state index is 13.8. The molecule has 0 aliphatic carbocycles. The number of hydrogen-bond donors (Lipinski definition) is 1.